The Morgan fingerprint density at radius 3 is 2.41 bits per heavy atom. The maximum atomic E-state index is 12.4. The van der Waals surface area contributed by atoms with Gasteiger partial charge < -0.3 is 5.32 Å². The van der Waals surface area contributed by atoms with E-state index < -0.39 is 0 Å². The standard InChI is InChI=1S/C14H24ClNO/c1-14(9-5-2-6-10-14)13(17)16-12-8-4-3-7-11(12)15/h11-12H,2-10H2,1H3,(H,16,17). The molecule has 2 aliphatic rings. The molecule has 3 heteroatoms. The number of amides is 1. The molecule has 17 heavy (non-hydrogen) atoms. The molecule has 2 aliphatic carbocycles. The number of carbonyl (C=O) groups excluding carboxylic acids is 1. The smallest absolute Gasteiger partial charge is 0.226 e. The van der Waals surface area contributed by atoms with Crippen molar-refractivity contribution >= 4 is 17.5 Å². The van der Waals surface area contributed by atoms with Gasteiger partial charge in [-0.05, 0) is 25.7 Å². The van der Waals surface area contributed by atoms with Gasteiger partial charge >= 0.3 is 0 Å². The first-order valence-corrected chi connectivity index (χ1v) is 7.50. The molecule has 0 aromatic carbocycles. The van der Waals surface area contributed by atoms with Gasteiger partial charge in [-0.1, -0.05) is 39.0 Å². The molecule has 2 saturated carbocycles. The number of rotatable bonds is 2. The number of nitrogens with one attached hydrogen (secondary N) is 1. The fourth-order valence-corrected chi connectivity index (χ4v) is 3.49. The lowest BCUT2D eigenvalue weighted by Gasteiger charge is -2.36. The summed E-state index contributed by atoms with van der Waals surface area (Å²) in [6, 6.07) is 0.205. The lowest BCUT2D eigenvalue weighted by atomic mass is 9.74. The van der Waals surface area contributed by atoms with Crippen molar-refractivity contribution in [3.8, 4) is 0 Å². The molecule has 0 aliphatic heterocycles. The quantitative estimate of drug-likeness (QED) is 0.752. The van der Waals surface area contributed by atoms with Crippen LogP contribution in [0.5, 0.6) is 0 Å². The first kappa shape index (κ1) is 13.2. The lowest BCUT2D eigenvalue weighted by Crippen LogP contribution is -2.49. The van der Waals surface area contributed by atoms with Crippen LogP contribution in [0.25, 0.3) is 0 Å². The van der Waals surface area contributed by atoms with Crippen molar-refractivity contribution in [3.05, 3.63) is 0 Å². The van der Waals surface area contributed by atoms with Gasteiger partial charge in [-0.2, -0.15) is 0 Å². The van der Waals surface area contributed by atoms with Gasteiger partial charge in [-0.3, -0.25) is 4.79 Å². The van der Waals surface area contributed by atoms with Gasteiger partial charge in [0, 0.05) is 11.5 Å². The molecule has 2 fully saturated rings. The van der Waals surface area contributed by atoms with Crippen LogP contribution in [0.15, 0.2) is 0 Å². The summed E-state index contributed by atoms with van der Waals surface area (Å²) in [6.45, 7) is 2.12. The van der Waals surface area contributed by atoms with Gasteiger partial charge in [-0.15, -0.1) is 11.6 Å². The lowest BCUT2D eigenvalue weighted by molar-refractivity contribution is -0.132. The average molecular weight is 258 g/mol. The monoisotopic (exact) mass is 257 g/mol. The third-order valence-electron chi connectivity index (χ3n) is 4.50. The Balaban J connectivity index is 1.90. The Kier molecular flexibility index (Phi) is 4.35. The molecular formula is C14H24ClNO. The molecule has 98 valence electrons. The molecule has 0 aromatic rings. The highest BCUT2D eigenvalue weighted by molar-refractivity contribution is 6.21. The molecule has 1 amide bonds. The summed E-state index contributed by atoms with van der Waals surface area (Å²) >= 11 is 6.30. The summed E-state index contributed by atoms with van der Waals surface area (Å²) in [5, 5.41) is 3.35. The molecule has 0 bridgehead atoms. The zero-order valence-electron chi connectivity index (χ0n) is 10.8. The number of hydrogen-bond acceptors (Lipinski definition) is 1. The van der Waals surface area contributed by atoms with Crippen LogP contribution in [-0.4, -0.2) is 17.3 Å². The van der Waals surface area contributed by atoms with E-state index in [9.17, 15) is 4.79 Å². The molecule has 2 unspecified atom stereocenters. The number of hydrogen-bond donors (Lipinski definition) is 1. The van der Waals surface area contributed by atoms with E-state index in [4.69, 9.17) is 11.6 Å². The third-order valence-corrected chi connectivity index (χ3v) is 5.03. The molecule has 0 saturated heterocycles. The van der Waals surface area contributed by atoms with Gasteiger partial charge in [-0.25, -0.2) is 0 Å². The summed E-state index contributed by atoms with van der Waals surface area (Å²) in [5.41, 5.74) is -0.133. The van der Waals surface area contributed by atoms with E-state index in [0.29, 0.717) is 0 Å². The first-order chi connectivity index (χ1) is 8.12. The van der Waals surface area contributed by atoms with E-state index in [0.717, 1.165) is 25.7 Å². The molecule has 1 N–H and O–H groups in total. The van der Waals surface area contributed by atoms with Crippen LogP contribution in [0.1, 0.15) is 64.7 Å². The Morgan fingerprint density at radius 2 is 1.76 bits per heavy atom. The van der Waals surface area contributed by atoms with Crippen LogP contribution in [0, 0.1) is 5.41 Å². The highest BCUT2D eigenvalue weighted by Gasteiger charge is 2.36. The highest BCUT2D eigenvalue weighted by atomic mass is 35.5. The van der Waals surface area contributed by atoms with Crippen molar-refractivity contribution in [1.82, 2.24) is 5.32 Å². The van der Waals surface area contributed by atoms with Crippen LogP contribution in [-0.2, 0) is 4.79 Å². The van der Waals surface area contributed by atoms with E-state index in [1.807, 2.05) is 0 Å². The van der Waals surface area contributed by atoms with Gasteiger partial charge in [0.15, 0.2) is 0 Å². The van der Waals surface area contributed by atoms with Crippen molar-refractivity contribution in [3.63, 3.8) is 0 Å². The minimum Gasteiger partial charge on any atom is -0.351 e. The van der Waals surface area contributed by atoms with E-state index in [-0.39, 0.29) is 22.7 Å². The SMILES string of the molecule is CC1(C(=O)NC2CCCCC2Cl)CCCCC1. The second-order valence-electron chi connectivity index (χ2n) is 6.00. The molecule has 0 spiro atoms. The Hall–Kier alpha value is -0.240. The Bertz CT molecular complexity index is 273. The molecule has 0 aromatic heterocycles. The number of halogens is 1. The molecule has 0 heterocycles. The summed E-state index contributed by atoms with van der Waals surface area (Å²) in [7, 11) is 0. The van der Waals surface area contributed by atoms with Gasteiger partial charge in [0.05, 0.1) is 5.38 Å². The predicted octanol–water partition coefficient (Wildman–Crippen LogP) is 3.62. The average Bonchev–Trinajstić information content (AvgIpc) is 2.33. The van der Waals surface area contributed by atoms with Gasteiger partial charge in [0.2, 0.25) is 5.91 Å². The third kappa shape index (κ3) is 3.15. The largest absolute Gasteiger partial charge is 0.351 e. The van der Waals surface area contributed by atoms with Gasteiger partial charge in [0.25, 0.3) is 0 Å². The maximum Gasteiger partial charge on any atom is 0.226 e. The van der Waals surface area contributed by atoms with Crippen LogP contribution in [0.3, 0.4) is 0 Å². The fourth-order valence-electron chi connectivity index (χ4n) is 3.15. The van der Waals surface area contributed by atoms with Crippen molar-refractivity contribution in [2.24, 2.45) is 5.41 Å². The Labute approximate surface area is 109 Å². The van der Waals surface area contributed by atoms with Crippen molar-refractivity contribution in [1.29, 1.82) is 0 Å². The van der Waals surface area contributed by atoms with Gasteiger partial charge in [0.1, 0.15) is 0 Å². The number of alkyl halides is 1. The summed E-state index contributed by atoms with van der Waals surface area (Å²) in [6.07, 6.45) is 10.3. The zero-order chi connectivity index (χ0) is 12.3. The highest BCUT2D eigenvalue weighted by Crippen LogP contribution is 2.36. The van der Waals surface area contributed by atoms with E-state index in [1.54, 1.807) is 0 Å². The minimum absolute atomic E-state index is 0.133. The van der Waals surface area contributed by atoms with Crippen LogP contribution < -0.4 is 5.32 Å². The molecule has 2 rings (SSSR count). The topological polar surface area (TPSA) is 29.1 Å². The van der Waals surface area contributed by atoms with E-state index in [2.05, 4.69) is 12.2 Å². The van der Waals surface area contributed by atoms with E-state index in [1.165, 1.54) is 32.1 Å². The second-order valence-corrected chi connectivity index (χ2v) is 6.56. The summed E-state index contributed by atoms with van der Waals surface area (Å²) < 4.78 is 0. The normalized spacial score (nSPS) is 33.1. The van der Waals surface area contributed by atoms with Crippen molar-refractivity contribution < 1.29 is 4.79 Å². The minimum atomic E-state index is -0.133. The summed E-state index contributed by atoms with van der Waals surface area (Å²) in [4.78, 5) is 12.4. The summed E-state index contributed by atoms with van der Waals surface area (Å²) in [5.74, 6) is 0.245. The number of carbonyl (C=O) groups is 1. The Morgan fingerprint density at radius 1 is 1.12 bits per heavy atom. The van der Waals surface area contributed by atoms with Crippen LogP contribution in [0.2, 0.25) is 0 Å². The first-order valence-electron chi connectivity index (χ1n) is 7.07. The molecule has 0 radical (unpaired) electrons. The molecular weight excluding hydrogens is 234 g/mol. The maximum absolute atomic E-state index is 12.4. The van der Waals surface area contributed by atoms with Crippen molar-refractivity contribution in [2.45, 2.75) is 76.1 Å². The van der Waals surface area contributed by atoms with Crippen LogP contribution in [0.4, 0.5) is 0 Å². The zero-order valence-corrected chi connectivity index (χ0v) is 11.6. The van der Waals surface area contributed by atoms with E-state index >= 15 is 0 Å². The molecule has 2 atom stereocenters. The predicted molar refractivity (Wildman–Crippen MR) is 71.2 cm³/mol. The van der Waals surface area contributed by atoms with Crippen molar-refractivity contribution in [2.75, 3.05) is 0 Å². The second kappa shape index (κ2) is 5.60. The van der Waals surface area contributed by atoms with Crippen LogP contribution >= 0.6 is 11.6 Å². The molecule has 2 nitrogen and oxygen atoms in total. The fraction of sp³-hybridized carbons (Fsp3) is 0.929.